The molecule has 3 rings (SSSR count). The summed E-state index contributed by atoms with van der Waals surface area (Å²) in [6.07, 6.45) is 2.96. The number of carbonyl (C=O) groups is 2. The van der Waals surface area contributed by atoms with Gasteiger partial charge in [-0.05, 0) is 50.6 Å². The molecule has 132 valence electrons. The number of rotatable bonds is 4. The lowest BCUT2D eigenvalue weighted by atomic mass is 10.0. The predicted molar refractivity (Wildman–Crippen MR) is 88.7 cm³/mol. The van der Waals surface area contributed by atoms with Crippen LogP contribution in [0.25, 0.3) is 0 Å². The van der Waals surface area contributed by atoms with Crippen molar-refractivity contribution in [3.8, 4) is 0 Å². The van der Waals surface area contributed by atoms with E-state index in [2.05, 4.69) is 15.6 Å². The van der Waals surface area contributed by atoms with Gasteiger partial charge in [-0.25, -0.2) is 8.78 Å². The van der Waals surface area contributed by atoms with Crippen LogP contribution in [0, 0.1) is 18.6 Å². The molecular weight excluding hydrogens is 328 g/mol. The quantitative estimate of drug-likeness (QED) is 0.743. The van der Waals surface area contributed by atoms with Gasteiger partial charge in [0.2, 0.25) is 0 Å². The molecule has 5 nitrogen and oxygen atoms in total. The summed E-state index contributed by atoms with van der Waals surface area (Å²) in [6.45, 7) is 3.14. The topological polar surface area (TPSA) is 74.0 Å². The second-order valence-corrected chi connectivity index (χ2v) is 6.18. The highest BCUT2D eigenvalue weighted by Gasteiger charge is 2.23. The minimum atomic E-state index is -0.921. The van der Waals surface area contributed by atoms with Gasteiger partial charge in [0.05, 0.1) is 5.56 Å². The Balaban J connectivity index is 1.78. The summed E-state index contributed by atoms with van der Waals surface area (Å²) in [7, 11) is 0. The Labute approximate surface area is 143 Å². The molecule has 0 unspecified atom stereocenters. The number of benzene rings is 1. The molecule has 1 saturated heterocycles. The zero-order valence-electron chi connectivity index (χ0n) is 13.8. The third kappa shape index (κ3) is 3.61. The molecule has 7 heteroatoms. The summed E-state index contributed by atoms with van der Waals surface area (Å²) >= 11 is 0. The normalized spacial score (nSPS) is 15.2. The van der Waals surface area contributed by atoms with Gasteiger partial charge in [0.1, 0.15) is 17.3 Å². The summed E-state index contributed by atoms with van der Waals surface area (Å²) in [5.41, 5.74) is -0.192. The maximum atomic E-state index is 14.1. The Kier molecular flexibility index (Phi) is 4.94. The first-order chi connectivity index (χ1) is 12.0. The monoisotopic (exact) mass is 347 g/mol. The highest BCUT2D eigenvalue weighted by atomic mass is 19.1. The maximum absolute atomic E-state index is 14.1. The number of halogens is 2. The van der Waals surface area contributed by atoms with Crippen LogP contribution in [0.3, 0.4) is 0 Å². The van der Waals surface area contributed by atoms with Crippen molar-refractivity contribution in [1.29, 1.82) is 0 Å². The van der Waals surface area contributed by atoms with Crippen molar-refractivity contribution in [2.75, 3.05) is 13.1 Å². The van der Waals surface area contributed by atoms with E-state index in [1.165, 1.54) is 25.3 Å². The van der Waals surface area contributed by atoms with E-state index in [4.69, 9.17) is 0 Å². The van der Waals surface area contributed by atoms with Crippen LogP contribution < -0.4 is 10.6 Å². The molecule has 0 radical (unpaired) electrons. The summed E-state index contributed by atoms with van der Waals surface area (Å²) in [5.74, 6) is -2.94. The number of carbonyl (C=O) groups excluding carboxylic acids is 2. The summed E-state index contributed by atoms with van der Waals surface area (Å²) < 4.78 is 28.0. The number of piperidine rings is 1. The lowest BCUT2D eigenvalue weighted by Crippen LogP contribution is -2.42. The van der Waals surface area contributed by atoms with Crippen molar-refractivity contribution in [3.05, 3.63) is 58.4 Å². The Morgan fingerprint density at radius 2 is 1.92 bits per heavy atom. The number of nitrogens with one attached hydrogen (secondary N) is 3. The molecular formula is C18H19F2N3O2. The van der Waals surface area contributed by atoms with Gasteiger partial charge < -0.3 is 15.6 Å². The van der Waals surface area contributed by atoms with Crippen molar-refractivity contribution in [3.63, 3.8) is 0 Å². The van der Waals surface area contributed by atoms with Crippen LogP contribution in [0.4, 0.5) is 8.78 Å². The van der Waals surface area contributed by atoms with Gasteiger partial charge >= 0.3 is 0 Å². The van der Waals surface area contributed by atoms with E-state index in [-0.39, 0.29) is 28.8 Å². The number of amides is 1. The van der Waals surface area contributed by atoms with Gasteiger partial charge in [0, 0.05) is 17.8 Å². The first kappa shape index (κ1) is 17.3. The van der Waals surface area contributed by atoms with E-state index < -0.39 is 23.0 Å². The Morgan fingerprint density at radius 1 is 1.20 bits per heavy atom. The number of aromatic nitrogens is 1. The number of hydrogen-bond donors (Lipinski definition) is 3. The molecule has 2 aromatic rings. The van der Waals surface area contributed by atoms with E-state index in [9.17, 15) is 18.4 Å². The molecule has 0 saturated carbocycles. The highest BCUT2D eigenvalue weighted by Crippen LogP contribution is 2.20. The smallest absolute Gasteiger partial charge is 0.267 e. The molecule has 1 aliphatic rings. The highest BCUT2D eigenvalue weighted by molar-refractivity contribution is 6.10. The van der Waals surface area contributed by atoms with Crippen molar-refractivity contribution in [1.82, 2.24) is 15.6 Å². The van der Waals surface area contributed by atoms with E-state index in [1.807, 2.05) is 0 Å². The average Bonchev–Trinajstić information content (AvgIpc) is 3.09. The summed E-state index contributed by atoms with van der Waals surface area (Å²) in [6, 6.07) is 3.72. The zero-order chi connectivity index (χ0) is 18.0. The third-order valence-corrected chi connectivity index (χ3v) is 4.38. The lowest BCUT2D eigenvalue weighted by Gasteiger charge is -2.23. The first-order valence-corrected chi connectivity index (χ1v) is 8.16. The zero-order valence-corrected chi connectivity index (χ0v) is 13.8. The first-order valence-electron chi connectivity index (χ1n) is 8.16. The van der Waals surface area contributed by atoms with Gasteiger partial charge in [0.25, 0.3) is 5.91 Å². The van der Waals surface area contributed by atoms with Crippen molar-refractivity contribution >= 4 is 11.7 Å². The van der Waals surface area contributed by atoms with Crippen molar-refractivity contribution < 1.29 is 18.4 Å². The minimum absolute atomic E-state index is 0.0406. The summed E-state index contributed by atoms with van der Waals surface area (Å²) in [4.78, 5) is 27.4. The molecule has 1 aromatic carbocycles. The van der Waals surface area contributed by atoms with Crippen LogP contribution in [-0.4, -0.2) is 35.8 Å². The Bertz CT molecular complexity index is 811. The summed E-state index contributed by atoms with van der Waals surface area (Å²) in [5, 5.41) is 6.09. The molecule has 0 bridgehead atoms. The van der Waals surface area contributed by atoms with Crippen LogP contribution in [-0.2, 0) is 0 Å². The van der Waals surface area contributed by atoms with Gasteiger partial charge in [-0.15, -0.1) is 0 Å². The number of H-pyrrole nitrogens is 1. The van der Waals surface area contributed by atoms with Crippen molar-refractivity contribution in [2.24, 2.45) is 0 Å². The minimum Gasteiger partial charge on any atom is -0.356 e. The lowest BCUT2D eigenvalue weighted by molar-refractivity contribution is 0.0925. The molecule has 1 amide bonds. The molecule has 0 spiro atoms. The van der Waals surface area contributed by atoms with E-state index in [0.717, 1.165) is 32.0 Å². The molecule has 1 aliphatic heterocycles. The molecule has 2 heterocycles. The van der Waals surface area contributed by atoms with Crippen molar-refractivity contribution in [2.45, 2.75) is 25.8 Å². The molecule has 1 fully saturated rings. The number of aromatic amines is 1. The predicted octanol–water partition coefficient (Wildman–Crippen LogP) is 2.31. The third-order valence-electron chi connectivity index (χ3n) is 4.38. The molecule has 0 aliphatic carbocycles. The molecule has 1 aromatic heterocycles. The second-order valence-electron chi connectivity index (χ2n) is 6.18. The van der Waals surface area contributed by atoms with E-state index in [1.54, 1.807) is 0 Å². The van der Waals surface area contributed by atoms with Gasteiger partial charge in [-0.2, -0.15) is 0 Å². The number of ketones is 1. The fraction of sp³-hybridized carbons (Fsp3) is 0.333. The van der Waals surface area contributed by atoms with Crippen LogP contribution in [0.15, 0.2) is 24.4 Å². The fourth-order valence-electron chi connectivity index (χ4n) is 2.90. The van der Waals surface area contributed by atoms with Crippen LogP contribution in [0.2, 0.25) is 0 Å². The Hall–Kier alpha value is -2.54. The standard InChI is InChI=1S/C18H19F2N3O2/c1-10-2-3-13(19)15(16(10)20)17(24)11-8-14(22-9-11)18(25)23-12-4-6-21-7-5-12/h2-3,8-9,12,21-22H,4-7H2,1H3,(H,23,25). The second kappa shape index (κ2) is 7.14. The average molecular weight is 347 g/mol. The van der Waals surface area contributed by atoms with E-state index in [0.29, 0.717) is 0 Å². The van der Waals surface area contributed by atoms with Crippen LogP contribution in [0.1, 0.15) is 44.8 Å². The van der Waals surface area contributed by atoms with Gasteiger partial charge in [-0.3, -0.25) is 9.59 Å². The molecule has 0 atom stereocenters. The SMILES string of the molecule is Cc1ccc(F)c(C(=O)c2c[nH]c(C(=O)NC3CCNCC3)c2)c1F. The Morgan fingerprint density at radius 3 is 2.64 bits per heavy atom. The fourth-order valence-corrected chi connectivity index (χ4v) is 2.90. The van der Waals surface area contributed by atoms with Crippen LogP contribution in [0.5, 0.6) is 0 Å². The number of aryl methyl sites for hydroxylation is 1. The van der Waals surface area contributed by atoms with Gasteiger partial charge in [0.15, 0.2) is 5.78 Å². The van der Waals surface area contributed by atoms with E-state index >= 15 is 0 Å². The maximum Gasteiger partial charge on any atom is 0.267 e. The van der Waals surface area contributed by atoms with Crippen LogP contribution >= 0.6 is 0 Å². The molecule has 3 N–H and O–H groups in total. The largest absolute Gasteiger partial charge is 0.356 e. The molecule has 25 heavy (non-hydrogen) atoms. The number of hydrogen-bond acceptors (Lipinski definition) is 3. The van der Waals surface area contributed by atoms with Gasteiger partial charge in [-0.1, -0.05) is 6.07 Å².